The first-order valence-corrected chi connectivity index (χ1v) is 6.21. The highest BCUT2D eigenvalue weighted by Gasteiger charge is 2.35. The molecule has 4 nitrogen and oxygen atoms in total. The van der Waals surface area contributed by atoms with E-state index in [1.165, 1.54) is 0 Å². The quantitative estimate of drug-likeness (QED) is 0.665. The lowest BCUT2D eigenvalue weighted by Gasteiger charge is -2.39. The van der Waals surface area contributed by atoms with Crippen molar-refractivity contribution in [3.05, 3.63) is 0 Å². The van der Waals surface area contributed by atoms with Crippen molar-refractivity contribution >= 4 is 5.91 Å². The molecule has 0 unspecified atom stereocenters. The van der Waals surface area contributed by atoms with E-state index in [-0.39, 0.29) is 12.5 Å². The minimum Gasteiger partial charge on any atom is -0.394 e. The standard InChI is InChI=1S/C12H24N2O2/c1-3-10(13)11(16)14-12(8-15)6-4-9(2)5-7-12/h9-10,15H,3-8,13H2,1-2H3,(H,14,16)/t9?,10-,12?/m1/s1. The van der Waals surface area contributed by atoms with E-state index in [1.807, 2.05) is 6.92 Å². The highest BCUT2D eigenvalue weighted by atomic mass is 16.3. The number of hydrogen-bond acceptors (Lipinski definition) is 3. The maximum Gasteiger partial charge on any atom is 0.237 e. The van der Waals surface area contributed by atoms with E-state index in [9.17, 15) is 9.90 Å². The molecule has 4 N–H and O–H groups in total. The van der Waals surface area contributed by atoms with Crippen molar-refractivity contribution in [2.45, 2.75) is 57.5 Å². The highest BCUT2D eigenvalue weighted by Crippen LogP contribution is 2.31. The zero-order chi connectivity index (χ0) is 12.2. The first kappa shape index (κ1) is 13.5. The van der Waals surface area contributed by atoms with Crippen LogP contribution in [-0.4, -0.2) is 29.2 Å². The van der Waals surface area contributed by atoms with E-state index in [2.05, 4.69) is 12.2 Å². The average Bonchev–Trinajstić information content (AvgIpc) is 2.31. The van der Waals surface area contributed by atoms with Gasteiger partial charge in [0.05, 0.1) is 18.2 Å². The molecular weight excluding hydrogens is 204 g/mol. The minimum absolute atomic E-state index is 0.0158. The predicted molar refractivity (Wildman–Crippen MR) is 63.9 cm³/mol. The van der Waals surface area contributed by atoms with Gasteiger partial charge in [0.2, 0.25) is 5.91 Å². The van der Waals surface area contributed by atoms with Gasteiger partial charge in [-0.25, -0.2) is 0 Å². The summed E-state index contributed by atoms with van der Waals surface area (Å²) in [5.74, 6) is 0.558. The maximum absolute atomic E-state index is 11.7. The summed E-state index contributed by atoms with van der Waals surface area (Å²) < 4.78 is 0. The zero-order valence-corrected chi connectivity index (χ0v) is 10.3. The second kappa shape index (κ2) is 5.64. The fraction of sp³-hybridized carbons (Fsp3) is 0.917. The van der Waals surface area contributed by atoms with Crippen LogP contribution in [0.25, 0.3) is 0 Å². The molecule has 1 fully saturated rings. The Morgan fingerprint density at radius 3 is 2.56 bits per heavy atom. The van der Waals surface area contributed by atoms with Gasteiger partial charge in [-0.15, -0.1) is 0 Å². The minimum atomic E-state index is -0.456. The lowest BCUT2D eigenvalue weighted by molar-refractivity contribution is -0.125. The van der Waals surface area contributed by atoms with Gasteiger partial charge < -0.3 is 16.2 Å². The number of rotatable bonds is 4. The van der Waals surface area contributed by atoms with E-state index >= 15 is 0 Å². The van der Waals surface area contributed by atoms with Crippen LogP contribution in [0, 0.1) is 5.92 Å². The molecular formula is C12H24N2O2. The fourth-order valence-corrected chi connectivity index (χ4v) is 2.18. The Balaban J connectivity index is 2.57. The van der Waals surface area contributed by atoms with Crippen molar-refractivity contribution < 1.29 is 9.90 Å². The fourth-order valence-electron chi connectivity index (χ4n) is 2.18. The van der Waals surface area contributed by atoms with Crippen molar-refractivity contribution in [2.75, 3.05) is 6.61 Å². The SMILES string of the molecule is CC[C@@H](N)C(=O)NC1(CO)CCC(C)CC1. The smallest absolute Gasteiger partial charge is 0.237 e. The molecule has 1 amide bonds. The van der Waals surface area contributed by atoms with Crippen molar-refractivity contribution in [3.8, 4) is 0 Å². The van der Waals surface area contributed by atoms with Gasteiger partial charge in [-0.1, -0.05) is 13.8 Å². The number of aliphatic hydroxyl groups is 1. The topological polar surface area (TPSA) is 75.4 Å². The molecule has 0 heterocycles. The van der Waals surface area contributed by atoms with Crippen molar-refractivity contribution in [1.82, 2.24) is 5.32 Å². The van der Waals surface area contributed by atoms with Gasteiger partial charge >= 0.3 is 0 Å². The van der Waals surface area contributed by atoms with Crippen LogP contribution in [0.3, 0.4) is 0 Å². The molecule has 94 valence electrons. The molecule has 0 saturated heterocycles. The number of aliphatic hydroxyl groups excluding tert-OH is 1. The van der Waals surface area contributed by atoms with Crippen LogP contribution in [0.5, 0.6) is 0 Å². The third-order valence-electron chi connectivity index (χ3n) is 3.70. The Bertz CT molecular complexity index is 235. The van der Waals surface area contributed by atoms with E-state index in [4.69, 9.17) is 5.73 Å². The molecule has 1 saturated carbocycles. The Hall–Kier alpha value is -0.610. The molecule has 0 aliphatic heterocycles. The molecule has 0 radical (unpaired) electrons. The Morgan fingerprint density at radius 2 is 2.12 bits per heavy atom. The summed E-state index contributed by atoms with van der Waals surface area (Å²) in [6, 6.07) is -0.456. The van der Waals surface area contributed by atoms with E-state index < -0.39 is 11.6 Å². The molecule has 16 heavy (non-hydrogen) atoms. The van der Waals surface area contributed by atoms with Crippen LogP contribution < -0.4 is 11.1 Å². The predicted octanol–water partition coefficient (Wildman–Crippen LogP) is 0.781. The molecule has 1 rings (SSSR count). The van der Waals surface area contributed by atoms with Crippen LogP contribution in [0.2, 0.25) is 0 Å². The lowest BCUT2D eigenvalue weighted by Crippen LogP contribution is -2.57. The third kappa shape index (κ3) is 3.19. The Kier molecular flexibility index (Phi) is 4.74. The summed E-state index contributed by atoms with van der Waals surface area (Å²) in [6.45, 7) is 4.11. The number of nitrogens with one attached hydrogen (secondary N) is 1. The summed E-state index contributed by atoms with van der Waals surface area (Å²) in [5, 5.41) is 12.4. The molecule has 1 aliphatic carbocycles. The highest BCUT2D eigenvalue weighted by molar-refractivity contribution is 5.82. The van der Waals surface area contributed by atoms with Gasteiger partial charge in [0.15, 0.2) is 0 Å². The van der Waals surface area contributed by atoms with Crippen molar-refractivity contribution in [1.29, 1.82) is 0 Å². The monoisotopic (exact) mass is 228 g/mol. The van der Waals surface area contributed by atoms with E-state index in [0.29, 0.717) is 12.3 Å². The second-order valence-electron chi connectivity index (χ2n) is 5.12. The van der Waals surface area contributed by atoms with E-state index in [0.717, 1.165) is 25.7 Å². The largest absolute Gasteiger partial charge is 0.394 e. The Labute approximate surface area is 97.6 Å². The van der Waals surface area contributed by atoms with Gasteiger partial charge in [0, 0.05) is 0 Å². The summed E-state index contributed by atoms with van der Waals surface area (Å²) in [5.41, 5.74) is 5.26. The molecule has 0 aromatic rings. The lowest BCUT2D eigenvalue weighted by atomic mass is 9.77. The van der Waals surface area contributed by atoms with Gasteiger partial charge in [0.1, 0.15) is 0 Å². The summed E-state index contributed by atoms with van der Waals surface area (Å²) in [7, 11) is 0. The van der Waals surface area contributed by atoms with Crippen molar-refractivity contribution in [2.24, 2.45) is 11.7 Å². The molecule has 0 aromatic carbocycles. The molecule has 0 aromatic heterocycles. The van der Waals surface area contributed by atoms with Crippen LogP contribution in [0.1, 0.15) is 46.0 Å². The second-order valence-corrected chi connectivity index (χ2v) is 5.12. The number of nitrogens with two attached hydrogens (primary N) is 1. The van der Waals surface area contributed by atoms with Gasteiger partial charge in [-0.2, -0.15) is 0 Å². The summed E-state index contributed by atoms with van der Waals surface area (Å²) in [6.07, 6.45) is 4.45. The zero-order valence-electron chi connectivity index (χ0n) is 10.3. The molecule has 4 heteroatoms. The first-order valence-electron chi connectivity index (χ1n) is 6.21. The van der Waals surface area contributed by atoms with E-state index in [1.54, 1.807) is 0 Å². The average molecular weight is 228 g/mol. The Morgan fingerprint density at radius 1 is 1.56 bits per heavy atom. The van der Waals surface area contributed by atoms with Gasteiger partial charge in [-0.05, 0) is 38.0 Å². The third-order valence-corrected chi connectivity index (χ3v) is 3.70. The molecule has 0 bridgehead atoms. The summed E-state index contributed by atoms with van der Waals surface area (Å²) >= 11 is 0. The summed E-state index contributed by atoms with van der Waals surface area (Å²) in [4.78, 5) is 11.7. The van der Waals surface area contributed by atoms with Crippen LogP contribution in [0.15, 0.2) is 0 Å². The van der Waals surface area contributed by atoms with Gasteiger partial charge in [0.25, 0.3) is 0 Å². The first-order chi connectivity index (χ1) is 7.53. The number of hydrogen-bond donors (Lipinski definition) is 3. The van der Waals surface area contributed by atoms with Crippen LogP contribution in [-0.2, 0) is 4.79 Å². The van der Waals surface area contributed by atoms with Crippen LogP contribution >= 0.6 is 0 Å². The van der Waals surface area contributed by atoms with Gasteiger partial charge in [-0.3, -0.25) is 4.79 Å². The normalized spacial score (nSPS) is 32.1. The van der Waals surface area contributed by atoms with Crippen LogP contribution in [0.4, 0.5) is 0 Å². The molecule has 1 aliphatic rings. The van der Waals surface area contributed by atoms with Crippen molar-refractivity contribution in [3.63, 3.8) is 0 Å². The number of carbonyl (C=O) groups is 1. The number of amides is 1. The molecule has 0 spiro atoms. The molecule has 1 atom stereocenters. The maximum atomic E-state index is 11.7. The number of carbonyl (C=O) groups excluding carboxylic acids is 1.